The van der Waals surface area contributed by atoms with E-state index < -0.39 is 11.5 Å². The predicted molar refractivity (Wildman–Crippen MR) is 73.8 cm³/mol. The molecule has 2 aromatic heterocycles. The lowest BCUT2D eigenvalue weighted by Gasteiger charge is -2.35. The molecule has 0 aromatic carbocycles. The second kappa shape index (κ2) is 5.03. The maximum absolute atomic E-state index is 13.1. The number of hydrogen-bond donors (Lipinski definition) is 2. The third-order valence-electron chi connectivity index (χ3n) is 3.80. The van der Waals surface area contributed by atoms with Crippen molar-refractivity contribution in [2.45, 2.75) is 37.2 Å². The van der Waals surface area contributed by atoms with Gasteiger partial charge in [0, 0.05) is 38.0 Å². The van der Waals surface area contributed by atoms with Gasteiger partial charge in [0.05, 0.1) is 5.60 Å². The summed E-state index contributed by atoms with van der Waals surface area (Å²) >= 11 is 1.24. The van der Waals surface area contributed by atoms with E-state index in [0.29, 0.717) is 9.84 Å². The highest BCUT2D eigenvalue weighted by molar-refractivity contribution is 7.18. The zero-order valence-electron chi connectivity index (χ0n) is 11.2. The minimum Gasteiger partial charge on any atom is -0.388 e. The van der Waals surface area contributed by atoms with E-state index in [9.17, 15) is 18.7 Å². The first-order valence-electron chi connectivity index (χ1n) is 6.68. The minimum absolute atomic E-state index is 0.00591. The summed E-state index contributed by atoms with van der Waals surface area (Å²) in [4.78, 5) is 17.3. The molecule has 1 amide bonds. The van der Waals surface area contributed by atoms with Gasteiger partial charge in [0.15, 0.2) is 4.96 Å². The van der Waals surface area contributed by atoms with E-state index >= 15 is 0 Å². The average molecular weight is 315 g/mol. The third kappa shape index (κ3) is 3.06. The molecule has 1 saturated carbocycles. The van der Waals surface area contributed by atoms with Crippen LogP contribution in [0.25, 0.3) is 4.96 Å². The van der Waals surface area contributed by atoms with E-state index in [-0.39, 0.29) is 38.1 Å². The van der Waals surface area contributed by atoms with Gasteiger partial charge < -0.3 is 10.4 Å². The Morgan fingerprint density at radius 2 is 2.14 bits per heavy atom. The number of rotatable bonds is 3. The van der Waals surface area contributed by atoms with Crippen molar-refractivity contribution in [3.8, 4) is 0 Å². The van der Waals surface area contributed by atoms with E-state index in [4.69, 9.17) is 0 Å². The van der Waals surface area contributed by atoms with Crippen molar-refractivity contribution in [2.24, 2.45) is 0 Å². The Morgan fingerprint density at radius 1 is 1.43 bits per heavy atom. The summed E-state index contributed by atoms with van der Waals surface area (Å²) in [6.07, 6.45) is 4.33. The maximum atomic E-state index is 13.1. The molecule has 8 heteroatoms. The number of thiazole rings is 1. The molecule has 5 nitrogen and oxygen atoms in total. The molecule has 0 bridgehead atoms. The fourth-order valence-electron chi connectivity index (χ4n) is 2.42. The Hall–Kier alpha value is -1.54. The summed E-state index contributed by atoms with van der Waals surface area (Å²) in [7, 11) is 0. The summed E-state index contributed by atoms with van der Waals surface area (Å²) < 4.78 is 27.9. The molecule has 3 rings (SSSR count). The molecule has 1 aliphatic carbocycles. The lowest BCUT2D eigenvalue weighted by atomic mass is 9.83. The molecule has 1 fully saturated rings. The van der Waals surface area contributed by atoms with Crippen LogP contribution < -0.4 is 5.32 Å². The number of carbonyl (C=O) groups excluding carboxylic acids is 1. The van der Waals surface area contributed by atoms with Gasteiger partial charge in [-0.05, 0) is 12.8 Å². The Kier molecular flexibility index (Phi) is 3.45. The van der Waals surface area contributed by atoms with Crippen LogP contribution in [0.1, 0.15) is 35.4 Å². The SMILES string of the molecule is O=C(NCC1(O)CCC(F)(F)CC1)c1cn2ccnc2s1. The molecule has 0 spiro atoms. The van der Waals surface area contributed by atoms with Gasteiger partial charge in [-0.25, -0.2) is 13.8 Å². The van der Waals surface area contributed by atoms with Crippen LogP contribution in [-0.4, -0.2) is 38.5 Å². The normalized spacial score (nSPS) is 20.5. The van der Waals surface area contributed by atoms with Gasteiger partial charge in [0.2, 0.25) is 5.92 Å². The van der Waals surface area contributed by atoms with Crippen molar-refractivity contribution in [3.05, 3.63) is 23.5 Å². The smallest absolute Gasteiger partial charge is 0.263 e. The molecular weight excluding hydrogens is 300 g/mol. The first-order valence-corrected chi connectivity index (χ1v) is 7.50. The van der Waals surface area contributed by atoms with Crippen molar-refractivity contribution in [3.63, 3.8) is 0 Å². The molecular formula is C13H15F2N3O2S. The first kappa shape index (κ1) is 14.4. The van der Waals surface area contributed by atoms with E-state index in [2.05, 4.69) is 10.3 Å². The highest BCUT2D eigenvalue weighted by Gasteiger charge is 2.42. The molecule has 0 radical (unpaired) electrons. The van der Waals surface area contributed by atoms with Crippen molar-refractivity contribution >= 4 is 22.2 Å². The summed E-state index contributed by atoms with van der Waals surface area (Å²) in [6.45, 7) is -0.0118. The van der Waals surface area contributed by atoms with Crippen LogP contribution in [0.3, 0.4) is 0 Å². The number of imidazole rings is 1. The van der Waals surface area contributed by atoms with Gasteiger partial charge >= 0.3 is 0 Å². The Balaban J connectivity index is 1.59. The highest BCUT2D eigenvalue weighted by Crippen LogP contribution is 2.38. The van der Waals surface area contributed by atoms with E-state index in [1.54, 1.807) is 23.0 Å². The Labute approximate surface area is 123 Å². The van der Waals surface area contributed by atoms with Crippen molar-refractivity contribution in [1.29, 1.82) is 0 Å². The van der Waals surface area contributed by atoms with Crippen LogP contribution >= 0.6 is 11.3 Å². The van der Waals surface area contributed by atoms with Crippen molar-refractivity contribution < 1.29 is 18.7 Å². The number of halogens is 2. The molecule has 2 aromatic rings. The van der Waals surface area contributed by atoms with Gasteiger partial charge in [0.1, 0.15) is 4.88 Å². The van der Waals surface area contributed by atoms with Gasteiger partial charge in [-0.2, -0.15) is 0 Å². The van der Waals surface area contributed by atoms with Gasteiger partial charge in [-0.1, -0.05) is 11.3 Å². The number of hydrogen-bond acceptors (Lipinski definition) is 4. The summed E-state index contributed by atoms with van der Waals surface area (Å²) in [5.74, 6) is -3.02. The third-order valence-corrected chi connectivity index (χ3v) is 4.81. The van der Waals surface area contributed by atoms with E-state index in [1.807, 2.05) is 0 Å². The van der Waals surface area contributed by atoms with E-state index in [1.165, 1.54) is 11.3 Å². The molecule has 21 heavy (non-hydrogen) atoms. The number of alkyl halides is 2. The van der Waals surface area contributed by atoms with Crippen LogP contribution in [0.15, 0.2) is 18.6 Å². The number of nitrogens with zero attached hydrogens (tertiary/aromatic N) is 2. The number of carbonyl (C=O) groups is 1. The minimum atomic E-state index is -2.70. The lowest BCUT2D eigenvalue weighted by Crippen LogP contribution is -2.47. The second-order valence-corrected chi connectivity index (χ2v) is 6.48. The molecule has 0 saturated heterocycles. The lowest BCUT2D eigenvalue weighted by molar-refractivity contribution is -0.101. The van der Waals surface area contributed by atoms with E-state index in [0.717, 1.165) is 0 Å². The van der Waals surface area contributed by atoms with Crippen LogP contribution in [0.2, 0.25) is 0 Å². The maximum Gasteiger partial charge on any atom is 0.263 e. The number of aliphatic hydroxyl groups is 1. The van der Waals surface area contributed by atoms with Gasteiger partial charge in [-0.15, -0.1) is 0 Å². The standard InChI is InChI=1S/C13H15F2N3O2S/c14-13(15)3-1-12(20,2-4-13)8-17-10(19)9-7-18-6-5-16-11(18)21-9/h5-7,20H,1-4,8H2,(H,17,19). The molecule has 0 atom stereocenters. The molecule has 2 N–H and O–H groups in total. The predicted octanol–water partition coefficient (Wildman–Crippen LogP) is 2.07. The summed E-state index contributed by atoms with van der Waals surface area (Å²) in [5, 5.41) is 12.9. The van der Waals surface area contributed by atoms with Gasteiger partial charge in [-0.3, -0.25) is 9.20 Å². The number of fused-ring (bicyclic) bond motifs is 1. The molecule has 1 aliphatic rings. The van der Waals surface area contributed by atoms with Crippen molar-refractivity contribution in [1.82, 2.24) is 14.7 Å². The molecule has 114 valence electrons. The number of aromatic nitrogens is 2. The topological polar surface area (TPSA) is 66.6 Å². The second-order valence-electron chi connectivity index (χ2n) is 5.48. The molecule has 0 unspecified atom stereocenters. The monoisotopic (exact) mass is 315 g/mol. The van der Waals surface area contributed by atoms with Crippen LogP contribution in [0, 0.1) is 0 Å². The van der Waals surface area contributed by atoms with Crippen LogP contribution in [-0.2, 0) is 0 Å². The quantitative estimate of drug-likeness (QED) is 0.911. The summed E-state index contributed by atoms with van der Waals surface area (Å²) in [6, 6.07) is 0. The Morgan fingerprint density at radius 3 is 2.81 bits per heavy atom. The fraction of sp³-hybridized carbons (Fsp3) is 0.538. The number of amides is 1. The first-order chi connectivity index (χ1) is 9.87. The molecule has 2 heterocycles. The largest absolute Gasteiger partial charge is 0.388 e. The van der Waals surface area contributed by atoms with Gasteiger partial charge in [0.25, 0.3) is 5.91 Å². The van der Waals surface area contributed by atoms with Crippen LogP contribution in [0.5, 0.6) is 0 Å². The summed E-state index contributed by atoms with van der Waals surface area (Å²) in [5.41, 5.74) is -1.24. The molecule has 0 aliphatic heterocycles. The highest BCUT2D eigenvalue weighted by atomic mass is 32.1. The van der Waals surface area contributed by atoms with Crippen molar-refractivity contribution in [2.75, 3.05) is 6.54 Å². The average Bonchev–Trinajstić information content (AvgIpc) is 3.01. The number of nitrogens with one attached hydrogen (secondary N) is 1. The zero-order chi connectivity index (χ0) is 15.1. The van der Waals surface area contributed by atoms with Crippen LogP contribution in [0.4, 0.5) is 8.78 Å². The zero-order valence-corrected chi connectivity index (χ0v) is 12.0. The fourth-order valence-corrected chi connectivity index (χ4v) is 3.28. The Bertz CT molecular complexity index is 629.